The number of aromatic nitrogens is 2. The summed E-state index contributed by atoms with van der Waals surface area (Å²) >= 11 is 6.99. The molecule has 3 rings (SSSR count). The van der Waals surface area contributed by atoms with Crippen LogP contribution in [0.25, 0.3) is 10.6 Å². The van der Waals surface area contributed by atoms with Crippen molar-refractivity contribution in [1.29, 1.82) is 0 Å². The first kappa shape index (κ1) is 24.7. The smallest absolute Gasteiger partial charge is 0.289 e. The molecule has 13 heteroatoms. The van der Waals surface area contributed by atoms with Crippen molar-refractivity contribution in [2.24, 2.45) is 0 Å². The first-order valence-corrected chi connectivity index (χ1v) is 12.5. The minimum absolute atomic E-state index is 0.108. The Morgan fingerprint density at radius 2 is 1.91 bits per heavy atom. The van der Waals surface area contributed by atoms with Crippen molar-refractivity contribution in [3.8, 4) is 10.6 Å². The minimum Gasteiger partial charge on any atom is -0.300 e. The second kappa shape index (κ2) is 10.8. The number of rotatable bonds is 10. The zero-order valence-corrected chi connectivity index (χ0v) is 19.9. The van der Waals surface area contributed by atoms with Crippen molar-refractivity contribution >= 4 is 49.7 Å². The van der Waals surface area contributed by atoms with E-state index in [0.717, 1.165) is 15.9 Å². The van der Waals surface area contributed by atoms with E-state index in [2.05, 4.69) is 15.5 Å². The van der Waals surface area contributed by atoms with Crippen LogP contribution in [0.2, 0.25) is 5.02 Å². The number of amides is 1. The van der Waals surface area contributed by atoms with Gasteiger partial charge in [0.05, 0.1) is 9.82 Å². The third-order valence-electron chi connectivity index (χ3n) is 4.51. The molecule has 174 valence electrons. The summed E-state index contributed by atoms with van der Waals surface area (Å²) in [5.74, 6) is -0.427. The van der Waals surface area contributed by atoms with Crippen LogP contribution in [0.4, 0.5) is 10.8 Å². The molecule has 0 saturated carbocycles. The highest BCUT2D eigenvalue weighted by Crippen LogP contribution is 2.29. The van der Waals surface area contributed by atoms with Crippen LogP contribution in [0.5, 0.6) is 0 Å². The molecular formula is C20H20ClN5O5S2. The molecule has 0 atom stereocenters. The molecule has 0 spiro atoms. The van der Waals surface area contributed by atoms with E-state index in [9.17, 15) is 23.3 Å². The summed E-state index contributed by atoms with van der Waals surface area (Å²) in [5, 5.41) is 22.6. The fourth-order valence-corrected chi connectivity index (χ4v) is 5.43. The van der Waals surface area contributed by atoms with Crippen molar-refractivity contribution in [3.05, 3.63) is 63.7 Å². The molecule has 0 saturated heterocycles. The molecule has 1 heterocycles. The van der Waals surface area contributed by atoms with E-state index >= 15 is 0 Å². The first-order valence-electron chi connectivity index (χ1n) is 9.85. The third kappa shape index (κ3) is 6.11. The topological polar surface area (TPSA) is 135 Å². The lowest BCUT2D eigenvalue weighted by Gasteiger charge is -2.21. The van der Waals surface area contributed by atoms with Crippen LogP contribution in [0, 0.1) is 10.1 Å². The van der Waals surface area contributed by atoms with E-state index in [1.54, 1.807) is 6.92 Å². The standard InChI is InChI=1S/C20H20ClN5O5S2/c1-2-11-25(33(30,31)15-8-9-16(21)17(13-15)26(28)29)12-10-18(27)22-20-24-23-19(32-20)14-6-4-3-5-7-14/h3-9,13H,2,10-12H2,1H3,(H,22,24,27). The zero-order valence-electron chi connectivity index (χ0n) is 17.5. The number of nitrogens with one attached hydrogen (secondary N) is 1. The average molecular weight is 510 g/mol. The normalized spacial score (nSPS) is 11.5. The number of nitro benzene ring substituents is 1. The second-order valence-corrected chi connectivity index (χ2v) is 10.2. The van der Waals surface area contributed by atoms with Gasteiger partial charge in [-0.25, -0.2) is 8.42 Å². The fraction of sp³-hybridized carbons (Fsp3) is 0.250. The van der Waals surface area contributed by atoms with Crippen LogP contribution in [0.15, 0.2) is 53.4 Å². The Kier molecular flexibility index (Phi) is 8.08. The monoisotopic (exact) mass is 509 g/mol. The molecule has 1 N–H and O–H groups in total. The fourth-order valence-electron chi connectivity index (χ4n) is 2.92. The number of sulfonamides is 1. The number of hydrogen-bond donors (Lipinski definition) is 1. The molecule has 0 aliphatic carbocycles. The number of carbonyl (C=O) groups excluding carboxylic acids is 1. The van der Waals surface area contributed by atoms with Crippen molar-refractivity contribution in [3.63, 3.8) is 0 Å². The second-order valence-electron chi connectivity index (χ2n) is 6.85. The summed E-state index contributed by atoms with van der Waals surface area (Å²) in [4.78, 5) is 22.5. The SMILES string of the molecule is CCCN(CCC(=O)Nc1nnc(-c2ccccc2)s1)S(=O)(=O)c1ccc(Cl)c([N+](=O)[O-])c1. The highest BCUT2D eigenvalue weighted by molar-refractivity contribution is 7.89. The van der Waals surface area contributed by atoms with Gasteiger partial charge in [0, 0.05) is 31.1 Å². The van der Waals surface area contributed by atoms with E-state index in [4.69, 9.17) is 11.6 Å². The van der Waals surface area contributed by atoms with Crippen LogP contribution < -0.4 is 5.32 Å². The molecule has 2 aromatic carbocycles. The molecule has 0 aliphatic heterocycles. The predicted octanol–water partition coefficient (Wildman–Crippen LogP) is 4.20. The van der Waals surface area contributed by atoms with Gasteiger partial charge >= 0.3 is 0 Å². The van der Waals surface area contributed by atoms with E-state index < -0.39 is 26.5 Å². The maximum atomic E-state index is 13.0. The Morgan fingerprint density at radius 3 is 2.58 bits per heavy atom. The van der Waals surface area contributed by atoms with Gasteiger partial charge in [0.2, 0.25) is 21.1 Å². The van der Waals surface area contributed by atoms with Gasteiger partial charge in [0.15, 0.2) is 0 Å². The maximum Gasteiger partial charge on any atom is 0.289 e. The lowest BCUT2D eigenvalue weighted by Crippen LogP contribution is -2.34. The van der Waals surface area contributed by atoms with Gasteiger partial charge in [-0.3, -0.25) is 14.9 Å². The molecule has 0 bridgehead atoms. The average Bonchev–Trinajstić information content (AvgIpc) is 3.25. The van der Waals surface area contributed by atoms with E-state index in [0.29, 0.717) is 16.6 Å². The van der Waals surface area contributed by atoms with Crippen LogP contribution in [0.3, 0.4) is 0 Å². The Bertz CT molecular complexity index is 1250. The summed E-state index contributed by atoms with van der Waals surface area (Å²) in [5.41, 5.74) is 0.366. The maximum absolute atomic E-state index is 13.0. The predicted molar refractivity (Wildman–Crippen MR) is 126 cm³/mol. The Balaban J connectivity index is 1.69. The lowest BCUT2D eigenvalue weighted by atomic mass is 10.2. The van der Waals surface area contributed by atoms with E-state index in [-0.39, 0.29) is 29.4 Å². The summed E-state index contributed by atoms with van der Waals surface area (Å²) < 4.78 is 27.2. The molecule has 0 aliphatic rings. The quantitative estimate of drug-likeness (QED) is 0.319. The van der Waals surface area contributed by atoms with Crippen LogP contribution in [0.1, 0.15) is 19.8 Å². The van der Waals surface area contributed by atoms with Crippen molar-refractivity contribution in [1.82, 2.24) is 14.5 Å². The largest absolute Gasteiger partial charge is 0.300 e. The Morgan fingerprint density at radius 1 is 1.18 bits per heavy atom. The lowest BCUT2D eigenvalue weighted by molar-refractivity contribution is -0.384. The zero-order chi connectivity index (χ0) is 24.0. The number of hydrogen-bond acceptors (Lipinski definition) is 8. The van der Waals surface area contributed by atoms with Crippen molar-refractivity contribution in [2.45, 2.75) is 24.7 Å². The van der Waals surface area contributed by atoms with Crippen LogP contribution in [-0.4, -0.2) is 46.8 Å². The number of nitrogens with zero attached hydrogens (tertiary/aromatic N) is 4. The number of benzene rings is 2. The third-order valence-corrected chi connectivity index (χ3v) is 7.61. The highest BCUT2D eigenvalue weighted by Gasteiger charge is 2.27. The molecular weight excluding hydrogens is 490 g/mol. The molecule has 1 amide bonds. The molecule has 0 unspecified atom stereocenters. The van der Waals surface area contributed by atoms with Gasteiger partial charge in [0.1, 0.15) is 10.0 Å². The minimum atomic E-state index is -4.07. The Hall–Kier alpha value is -2.93. The molecule has 0 fully saturated rings. The van der Waals surface area contributed by atoms with E-state index in [1.807, 2.05) is 30.3 Å². The van der Waals surface area contributed by atoms with Gasteiger partial charge in [0.25, 0.3) is 5.69 Å². The highest BCUT2D eigenvalue weighted by atomic mass is 35.5. The summed E-state index contributed by atoms with van der Waals surface area (Å²) in [6, 6.07) is 12.7. The Labute approximate surface area is 199 Å². The molecule has 10 nitrogen and oxygen atoms in total. The van der Waals surface area contributed by atoms with Crippen molar-refractivity contribution < 1.29 is 18.1 Å². The van der Waals surface area contributed by atoms with Gasteiger partial charge < -0.3 is 5.32 Å². The number of anilines is 1. The molecule has 3 aromatic rings. The van der Waals surface area contributed by atoms with Gasteiger partial charge in [-0.05, 0) is 18.6 Å². The summed E-state index contributed by atoms with van der Waals surface area (Å²) in [6.07, 6.45) is 0.364. The van der Waals surface area contributed by atoms with E-state index in [1.165, 1.54) is 23.5 Å². The number of halogens is 1. The summed E-state index contributed by atoms with van der Waals surface area (Å²) in [6.45, 7) is 1.82. The van der Waals surface area contributed by atoms with Crippen LogP contribution in [-0.2, 0) is 14.8 Å². The summed E-state index contributed by atoms with van der Waals surface area (Å²) in [7, 11) is -4.07. The molecule has 1 aromatic heterocycles. The molecule has 0 radical (unpaired) electrons. The number of nitro groups is 1. The molecule has 33 heavy (non-hydrogen) atoms. The van der Waals surface area contributed by atoms with Gasteiger partial charge in [-0.2, -0.15) is 4.31 Å². The van der Waals surface area contributed by atoms with Gasteiger partial charge in [-0.1, -0.05) is 60.2 Å². The van der Waals surface area contributed by atoms with Gasteiger partial charge in [-0.15, -0.1) is 10.2 Å². The first-order chi connectivity index (χ1) is 15.7. The van der Waals surface area contributed by atoms with Crippen molar-refractivity contribution in [2.75, 3.05) is 18.4 Å². The number of carbonyl (C=O) groups is 1. The van der Waals surface area contributed by atoms with Crippen LogP contribution >= 0.6 is 22.9 Å².